The molecule has 0 saturated heterocycles. The Bertz CT molecular complexity index is 1130. The number of nitrogens with zero attached hydrogens (tertiary/aromatic N) is 2. The third-order valence-corrected chi connectivity index (χ3v) is 5.30. The number of hydrazine groups is 1. The molecule has 2 rings (SSSR count). The predicted octanol–water partition coefficient (Wildman–Crippen LogP) is 1.36. The number of carbonyl (C=O) groups excluding carboxylic acids is 2. The molecule has 0 bridgehead atoms. The first-order valence-corrected chi connectivity index (χ1v) is 11.1. The Balaban J connectivity index is 1.95. The maximum Gasteiger partial charge on any atom is 0.270 e. The van der Waals surface area contributed by atoms with E-state index in [4.69, 9.17) is 25.8 Å². The van der Waals surface area contributed by atoms with Gasteiger partial charge in [0.1, 0.15) is 11.7 Å². The van der Waals surface area contributed by atoms with E-state index in [-0.39, 0.29) is 30.1 Å². The van der Waals surface area contributed by atoms with Crippen molar-refractivity contribution in [2.45, 2.75) is 19.4 Å². The van der Waals surface area contributed by atoms with Gasteiger partial charge in [0.25, 0.3) is 11.8 Å². The maximum atomic E-state index is 12.7. The largest absolute Gasteiger partial charge is 0.493 e. The Morgan fingerprint density at radius 2 is 1.75 bits per heavy atom. The number of hydrogen-bond acceptors (Lipinski definition) is 9. The molecule has 1 atom stereocenters. The summed E-state index contributed by atoms with van der Waals surface area (Å²) >= 11 is 0. The number of nitriles is 1. The van der Waals surface area contributed by atoms with Crippen LogP contribution in [0.3, 0.4) is 0 Å². The fourth-order valence-corrected chi connectivity index (χ4v) is 3.33. The van der Waals surface area contributed by atoms with Crippen molar-refractivity contribution in [1.82, 2.24) is 15.6 Å². The highest BCUT2D eigenvalue weighted by Gasteiger charge is 2.20. The van der Waals surface area contributed by atoms with Crippen LogP contribution in [0.25, 0.3) is 0 Å². The van der Waals surface area contributed by atoms with Gasteiger partial charge < -0.3 is 35.6 Å². The summed E-state index contributed by atoms with van der Waals surface area (Å²) in [6.45, 7) is 2.32. The number of rotatable bonds is 12. The molecule has 0 aromatic heterocycles. The SMILES string of the molecule is CCc1ccc(C(C#N)NC(=O)/C(N)=C/N(N)CCNC(=O)c2ccc(OC)c(OC)c2OC)cc1. The highest BCUT2D eigenvalue weighted by Crippen LogP contribution is 2.39. The fraction of sp³-hybridized carbons (Fsp3) is 0.320. The van der Waals surface area contributed by atoms with Gasteiger partial charge in [-0.05, 0) is 29.7 Å². The highest BCUT2D eigenvalue weighted by molar-refractivity contribution is 5.98. The lowest BCUT2D eigenvalue weighted by Crippen LogP contribution is -2.38. The van der Waals surface area contributed by atoms with Gasteiger partial charge in [-0.15, -0.1) is 0 Å². The van der Waals surface area contributed by atoms with Gasteiger partial charge in [-0.3, -0.25) is 9.59 Å². The van der Waals surface area contributed by atoms with E-state index in [2.05, 4.69) is 10.6 Å². The second kappa shape index (κ2) is 13.5. The lowest BCUT2D eigenvalue weighted by atomic mass is 10.0. The number of carbonyl (C=O) groups is 2. The molecular weight excluding hydrogens is 464 g/mol. The quantitative estimate of drug-likeness (QED) is 0.193. The third kappa shape index (κ3) is 7.04. The summed E-state index contributed by atoms with van der Waals surface area (Å²) in [4.78, 5) is 25.1. The standard InChI is InChI=1S/C25H32N6O5/c1-5-16-6-8-17(9-7-16)20(14-26)30-25(33)19(27)15-31(28)13-12-29-24(32)18-10-11-21(34-2)23(36-4)22(18)35-3/h6-11,15,20H,5,12-13,27-28H2,1-4H3,(H,29,32)(H,30,33)/b19-15-. The van der Waals surface area contributed by atoms with Crippen molar-refractivity contribution in [3.05, 3.63) is 65.0 Å². The van der Waals surface area contributed by atoms with Gasteiger partial charge in [-0.1, -0.05) is 31.2 Å². The summed E-state index contributed by atoms with van der Waals surface area (Å²) < 4.78 is 15.8. The normalized spacial score (nSPS) is 11.6. The van der Waals surface area contributed by atoms with Crippen LogP contribution in [0.1, 0.15) is 34.5 Å². The molecule has 2 aromatic rings. The monoisotopic (exact) mass is 496 g/mol. The van der Waals surface area contributed by atoms with Crippen LogP contribution in [0.5, 0.6) is 17.2 Å². The van der Waals surface area contributed by atoms with E-state index in [9.17, 15) is 14.9 Å². The summed E-state index contributed by atoms with van der Waals surface area (Å²) in [7, 11) is 4.35. The van der Waals surface area contributed by atoms with E-state index in [0.29, 0.717) is 17.1 Å². The molecule has 0 radical (unpaired) electrons. The van der Waals surface area contributed by atoms with Gasteiger partial charge in [0.2, 0.25) is 5.75 Å². The topological polar surface area (TPSA) is 165 Å². The second-order valence-corrected chi connectivity index (χ2v) is 7.59. The van der Waals surface area contributed by atoms with Crippen LogP contribution in [0.2, 0.25) is 0 Å². The Morgan fingerprint density at radius 1 is 1.08 bits per heavy atom. The van der Waals surface area contributed by atoms with E-state index >= 15 is 0 Å². The van der Waals surface area contributed by atoms with Crippen LogP contribution in [0, 0.1) is 11.3 Å². The molecule has 0 fully saturated rings. The summed E-state index contributed by atoms with van der Waals surface area (Å²) in [5.41, 5.74) is 7.69. The number of benzene rings is 2. The number of aryl methyl sites for hydroxylation is 1. The summed E-state index contributed by atoms with van der Waals surface area (Å²) in [5, 5.41) is 15.9. The van der Waals surface area contributed by atoms with Crippen molar-refractivity contribution in [3.63, 3.8) is 0 Å². The molecule has 0 saturated carbocycles. The predicted molar refractivity (Wildman–Crippen MR) is 134 cm³/mol. The van der Waals surface area contributed by atoms with Crippen molar-refractivity contribution in [2.24, 2.45) is 11.6 Å². The average molecular weight is 497 g/mol. The first-order valence-electron chi connectivity index (χ1n) is 11.1. The third-order valence-electron chi connectivity index (χ3n) is 5.30. The van der Waals surface area contributed by atoms with Gasteiger partial charge >= 0.3 is 0 Å². The maximum absolute atomic E-state index is 12.7. The molecule has 6 N–H and O–H groups in total. The second-order valence-electron chi connectivity index (χ2n) is 7.59. The average Bonchev–Trinajstić information content (AvgIpc) is 2.90. The zero-order chi connectivity index (χ0) is 26.7. The molecule has 36 heavy (non-hydrogen) atoms. The van der Waals surface area contributed by atoms with Gasteiger partial charge in [0.15, 0.2) is 11.5 Å². The fourth-order valence-electron chi connectivity index (χ4n) is 3.33. The zero-order valence-corrected chi connectivity index (χ0v) is 20.8. The van der Waals surface area contributed by atoms with Crippen molar-refractivity contribution < 1.29 is 23.8 Å². The van der Waals surface area contributed by atoms with Gasteiger partial charge in [-0.2, -0.15) is 5.26 Å². The minimum absolute atomic E-state index is 0.142. The smallest absolute Gasteiger partial charge is 0.270 e. The molecule has 0 spiro atoms. The summed E-state index contributed by atoms with van der Waals surface area (Å²) in [6.07, 6.45) is 2.10. The first kappa shape index (κ1) is 27.8. The molecule has 1 unspecified atom stereocenters. The molecule has 0 heterocycles. The Labute approximate surface area is 210 Å². The number of ether oxygens (including phenoxy) is 3. The molecule has 0 aliphatic rings. The summed E-state index contributed by atoms with van der Waals surface area (Å²) in [6, 6.07) is 11.7. The van der Waals surface area contributed by atoms with Crippen LogP contribution < -0.4 is 36.4 Å². The van der Waals surface area contributed by atoms with E-state index in [0.717, 1.165) is 12.0 Å². The van der Waals surface area contributed by atoms with Crippen molar-refractivity contribution in [1.29, 1.82) is 5.26 Å². The number of nitrogens with one attached hydrogen (secondary N) is 2. The number of hydrogen-bond donors (Lipinski definition) is 4. The lowest BCUT2D eigenvalue weighted by molar-refractivity contribution is -0.118. The van der Waals surface area contributed by atoms with Gasteiger partial charge in [0, 0.05) is 12.7 Å². The highest BCUT2D eigenvalue weighted by atomic mass is 16.5. The van der Waals surface area contributed by atoms with Crippen LogP contribution in [0.15, 0.2) is 48.3 Å². The molecule has 0 aliphatic heterocycles. The van der Waals surface area contributed by atoms with E-state index < -0.39 is 17.9 Å². The van der Waals surface area contributed by atoms with Gasteiger partial charge in [0.05, 0.1) is 39.5 Å². The lowest BCUT2D eigenvalue weighted by Gasteiger charge is -2.18. The number of nitrogens with two attached hydrogens (primary N) is 2. The molecule has 11 nitrogen and oxygen atoms in total. The molecule has 0 aliphatic carbocycles. The Hall–Kier alpha value is -4.43. The van der Waals surface area contributed by atoms with Crippen molar-refractivity contribution >= 4 is 11.8 Å². The van der Waals surface area contributed by atoms with E-state index in [1.165, 1.54) is 32.5 Å². The first-order chi connectivity index (χ1) is 17.3. The number of amides is 2. The summed E-state index contributed by atoms with van der Waals surface area (Å²) in [5.74, 6) is 5.80. The molecular formula is C25H32N6O5. The van der Waals surface area contributed by atoms with Crippen LogP contribution in [-0.2, 0) is 11.2 Å². The van der Waals surface area contributed by atoms with Crippen molar-refractivity contribution in [2.75, 3.05) is 34.4 Å². The van der Waals surface area contributed by atoms with Gasteiger partial charge in [-0.25, -0.2) is 5.84 Å². The molecule has 192 valence electrons. The van der Waals surface area contributed by atoms with Crippen LogP contribution in [0.4, 0.5) is 0 Å². The zero-order valence-electron chi connectivity index (χ0n) is 20.8. The minimum Gasteiger partial charge on any atom is -0.493 e. The Kier molecular flexibility index (Phi) is 10.4. The van der Waals surface area contributed by atoms with E-state index in [1.54, 1.807) is 24.3 Å². The van der Waals surface area contributed by atoms with E-state index in [1.807, 2.05) is 25.1 Å². The molecule has 2 amide bonds. The molecule has 11 heteroatoms. The van der Waals surface area contributed by atoms with Crippen LogP contribution >= 0.6 is 0 Å². The van der Waals surface area contributed by atoms with Crippen LogP contribution in [-0.4, -0.2) is 51.2 Å². The Morgan fingerprint density at radius 3 is 2.31 bits per heavy atom. The molecule has 2 aromatic carbocycles. The minimum atomic E-state index is -0.864. The number of methoxy groups -OCH3 is 3. The van der Waals surface area contributed by atoms with Crippen molar-refractivity contribution in [3.8, 4) is 23.3 Å².